The molecular formula is C19H18ClN3O. The quantitative estimate of drug-likeness (QED) is 0.746. The number of fused-ring (bicyclic) bond motifs is 1. The number of carbonyl (C=O) groups is 1. The lowest BCUT2D eigenvalue weighted by molar-refractivity contribution is -0.123. The Balaban J connectivity index is 1.39. The summed E-state index contributed by atoms with van der Waals surface area (Å²) in [6.45, 7) is 0.577. The van der Waals surface area contributed by atoms with E-state index in [9.17, 15) is 4.79 Å². The molecule has 1 saturated carbocycles. The van der Waals surface area contributed by atoms with Crippen molar-refractivity contribution in [3.05, 3.63) is 64.9 Å². The second-order valence-corrected chi connectivity index (χ2v) is 6.73. The first-order valence-corrected chi connectivity index (χ1v) is 8.53. The van der Waals surface area contributed by atoms with Gasteiger partial charge in [0.15, 0.2) is 0 Å². The highest BCUT2D eigenvalue weighted by Crippen LogP contribution is 2.48. The standard InChI is InChI=1S/C19H18ClN3O/c20-14-7-5-13(6-8-14)19(10-11-19)18(24)21-12-9-17-22-15-3-1-2-4-16(15)23-17/h1-8H,9-12H2,(H,21,24)(H,22,23). The van der Waals surface area contributed by atoms with Crippen molar-refractivity contribution >= 4 is 28.5 Å². The Hall–Kier alpha value is -2.33. The molecule has 122 valence electrons. The van der Waals surface area contributed by atoms with Crippen molar-refractivity contribution in [1.82, 2.24) is 15.3 Å². The van der Waals surface area contributed by atoms with Gasteiger partial charge in [-0.15, -0.1) is 0 Å². The molecule has 0 atom stereocenters. The van der Waals surface area contributed by atoms with Crippen molar-refractivity contribution in [1.29, 1.82) is 0 Å². The van der Waals surface area contributed by atoms with Crippen LogP contribution in [0.3, 0.4) is 0 Å². The first-order valence-electron chi connectivity index (χ1n) is 8.15. The lowest BCUT2D eigenvalue weighted by Crippen LogP contribution is -2.36. The van der Waals surface area contributed by atoms with E-state index in [-0.39, 0.29) is 11.3 Å². The summed E-state index contributed by atoms with van der Waals surface area (Å²) in [5.41, 5.74) is 2.67. The molecular weight excluding hydrogens is 322 g/mol. The summed E-state index contributed by atoms with van der Waals surface area (Å²) < 4.78 is 0. The van der Waals surface area contributed by atoms with Crippen LogP contribution in [0.5, 0.6) is 0 Å². The summed E-state index contributed by atoms with van der Waals surface area (Å²) >= 11 is 5.94. The molecule has 0 spiro atoms. The van der Waals surface area contributed by atoms with E-state index in [0.29, 0.717) is 18.0 Å². The summed E-state index contributed by atoms with van der Waals surface area (Å²) in [6, 6.07) is 15.5. The molecule has 2 N–H and O–H groups in total. The zero-order valence-electron chi connectivity index (χ0n) is 13.2. The monoisotopic (exact) mass is 339 g/mol. The molecule has 5 heteroatoms. The van der Waals surface area contributed by atoms with E-state index in [2.05, 4.69) is 15.3 Å². The van der Waals surface area contributed by atoms with Crippen LogP contribution in [0.25, 0.3) is 11.0 Å². The number of para-hydroxylation sites is 2. The summed E-state index contributed by atoms with van der Waals surface area (Å²) in [5.74, 6) is 0.994. The van der Waals surface area contributed by atoms with Gasteiger partial charge in [-0.2, -0.15) is 0 Å². The number of benzene rings is 2. The van der Waals surface area contributed by atoms with E-state index in [1.54, 1.807) is 0 Å². The summed E-state index contributed by atoms with van der Waals surface area (Å²) in [7, 11) is 0. The maximum atomic E-state index is 12.6. The minimum Gasteiger partial charge on any atom is -0.355 e. The Bertz CT molecular complexity index is 848. The van der Waals surface area contributed by atoms with Gasteiger partial charge in [0.25, 0.3) is 0 Å². The van der Waals surface area contributed by atoms with Crippen molar-refractivity contribution in [2.75, 3.05) is 6.54 Å². The summed E-state index contributed by atoms with van der Waals surface area (Å²) in [5, 5.41) is 3.75. The molecule has 1 aliphatic rings. The number of amides is 1. The molecule has 2 aromatic carbocycles. The number of rotatable bonds is 5. The third-order valence-electron chi connectivity index (χ3n) is 4.67. The van der Waals surface area contributed by atoms with Gasteiger partial charge in [0, 0.05) is 18.0 Å². The molecule has 4 rings (SSSR count). The predicted molar refractivity (Wildman–Crippen MR) is 95.2 cm³/mol. The molecule has 1 heterocycles. The molecule has 0 unspecified atom stereocenters. The number of halogens is 1. The Morgan fingerprint density at radius 3 is 2.62 bits per heavy atom. The second-order valence-electron chi connectivity index (χ2n) is 6.30. The van der Waals surface area contributed by atoms with Crippen LogP contribution in [0.2, 0.25) is 5.02 Å². The van der Waals surface area contributed by atoms with Crippen LogP contribution in [-0.2, 0) is 16.6 Å². The van der Waals surface area contributed by atoms with Gasteiger partial charge in [-0.05, 0) is 42.7 Å². The fourth-order valence-electron chi connectivity index (χ4n) is 3.13. The molecule has 1 amide bonds. The SMILES string of the molecule is O=C(NCCc1nc2ccccc2[nH]1)C1(c2ccc(Cl)cc2)CC1. The highest BCUT2D eigenvalue weighted by Gasteiger charge is 2.50. The average molecular weight is 340 g/mol. The molecule has 0 bridgehead atoms. The van der Waals surface area contributed by atoms with Gasteiger partial charge in [0.05, 0.1) is 16.4 Å². The molecule has 4 nitrogen and oxygen atoms in total. The third kappa shape index (κ3) is 2.78. The van der Waals surface area contributed by atoms with Crippen LogP contribution < -0.4 is 5.32 Å². The number of nitrogens with one attached hydrogen (secondary N) is 2. The van der Waals surface area contributed by atoms with Crippen LogP contribution in [-0.4, -0.2) is 22.4 Å². The van der Waals surface area contributed by atoms with Crippen molar-refractivity contribution < 1.29 is 4.79 Å². The van der Waals surface area contributed by atoms with Gasteiger partial charge in [-0.3, -0.25) is 4.79 Å². The maximum Gasteiger partial charge on any atom is 0.230 e. The summed E-state index contributed by atoms with van der Waals surface area (Å²) in [6.07, 6.45) is 2.48. The Morgan fingerprint density at radius 1 is 1.17 bits per heavy atom. The molecule has 1 aromatic heterocycles. The van der Waals surface area contributed by atoms with Crippen molar-refractivity contribution in [3.63, 3.8) is 0 Å². The number of hydrogen-bond donors (Lipinski definition) is 2. The van der Waals surface area contributed by atoms with Crippen LogP contribution in [0.4, 0.5) is 0 Å². The number of imidazole rings is 1. The molecule has 0 aliphatic heterocycles. The van der Waals surface area contributed by atoms with E-state index in [1.165, 1.54) is 0 Å². The van der Waals surface area contributed by atoms with E-state index >= 15 is 0 Å². The minimum absolute atomic E-state index is 0.0981. The van der Waals surface area contributed by atoms with Crippen LogP contribution in [0, 0.1) is 0 Å². The molecule has 0 saturated heterocycles. The molecule has 24 heavy (non-hydrogen) atoms. The predicted octanol–water partition coefficient (Wildman–Crippen LogP) is 3.61. The van der Waals surface area contributed by atoms with E-state index in [0.717, 1.165) is 35.3 Å². The van der Waals surface area contributed by atoms with Gasteiger partial charge in [-0.25, -0.2) is 4.98 Å². The van der Waals surface area contributed by atoms with E-state index < -0.39 is 0 Å². The maximum absolute atomic E-state index is 12.6. The highest BCUT2D eigenvalue weighted by molar-refractivity contribution is 6.30. The molecule has 1 aliphatic carbocycles. The zero-order chi connectivity index (χ0) is 16.6. The lowest BCUT2D eigenvalue weighted by Gasteiger charge is -2.15. The largest absolute Gasteiger partial charge is 0.355 e. The Labute approximate surface area is 145 Å². The van der Waals surface area contributed by atoms with Gasteiger partial charge >= 0.3 is 0 Å². The number of H-pyrrole nitrogens is 1. The molecule has 0 radical (unpaired) electrons. The number of hydrogen-bond acceptors (Lipinski definition) is 2. The number of aromatic nitrogens is 2. The van der Waals surface area contributed by atoms with Crippen LogP contribution >= 0.6 is 11.6 Å². The Morgan fingerprint density at radius 2 is 1.92 bits per heavy atom. The average Bonchev–Trinajstić information content (AvgIpc) is 3.29. The number of aromatic amines is 1. The highest BCUT2D eigenvalue weighted by atomic mass is 35.5. The summed E-state index contributed by atoms with van der Waals surface area (Å²) in [4.78, 5) is 20.4. The van der Waals surface area contributed by atoms with Gasteiger partial charge in [0.2, 0.25) is 5.91 Å². The van der Waals surface area contributed by atoms with Crippen molar-refractivity contribution in [2.45, 2.75) is 24.7 Å². The number of carbonyl (C=O) groups excluding carboxylic acids is 1. The van der Waals surface area contributed by atoms with E-state index in [4.69, 9.17) is 11.6 Å². The van der Waals surface area contributed by atoms with E-state index in [1.807, 2.05) is 48.5 Å². The van der Waals surface area contributed by atoms with Gasteiger partial charge < -0.3 is 10.3 Å². The smallest absolute Gasteiger partial charge is 0.230 e. The zero-order valence-corrected chi connectivity index (χ0v) is 13.9. The van der Waals surface area contributed by atoms with Gasteiger partial charge in [0.1, 0.15) is 5.82 Å². The molecule has 3 aromatic rings. The second kappa shape index (κ2) is 5.95. The first kappa shape index (κ1) is 15.2. The normalized spacial score (nSPS) is 15.4. The lowest BCUT2D eigenvalue weighted by atomic mass is 9.95. The third-order valence-corrected chi connectivity index (χ3v) is 4.92. The number of nitrogens with zero attached hydrogens (tertiary/aromatic N) is 1. The fourth-order valence-corrected chi connectivity index (χ4v) is 3.25. The van der Waals surface area contributed by atoms with Crippen molar-refractivity contribution in [3.8, 4) is 0 Å². The van der Waals surface area contributed by atoms with Crippen molar-refractivity contribution in [2.24, 2.45) is 0 Å². The van der Waals surface area contributed by atoms with Crippen LogP contribution in [0.15, 0.2) is 48.5 Å². The fraction of sp³-hybridized carbons (Fsp3) is 0.263. The molecule has 1 fully saturated rings. The topological polar surface area (TPSA) is 57.8 Å². The van der Waals surface area contributed by atoms with Gasteiger partial charge in [-0.1, -0.05) is 35.9 Å². The first-order chi connectivity index (χ1) is 11.7. The minimum atomic E-state index is -0.363. The van der Waals surface area contributed by atoms with Crippen LogP contribution in [0.1, 0.15) is 24.2 Å². The Kier molecular flexibility index (Phi) is 3.77.